The lowest BCUT2D eigenvalue weighted by atomic mass is 9.68. The number of piperidine rings is 1. The Bertz CT molecular complexity index is 957. The van der Waals surface area contributed by atoms with E-state index in [1.807, 2.05) is 42.1 Å². The van der Waals surface area contributed by atoms with Gasteiger partial charge in [-0.3, -0.25) is 9.59 Å². The second-order valence-electron chi connectivity index (χ2n) is 7.95. The first kappa shape index (κ1) is 19.4. The summed E-state index contributed by atoms with van der Waals surface area (Å²) >= 11 is 0. The summed E-state index contributed by atoms with van der Waals surface area (Å²) < 4.78 is 0. The van der Waals surface area contributed by atoms with Crippen molar-refractivity contribution in [3.63, 3.8) is 0 Å². The highest BCUT2D eigenvalue weighted by Gasteiger charge is 2.58. The zero-order chi connectivity index (χ0) is 20.6. The van der Waals surface area contributed by atoms with Gasteiger partial charge in [-0.1, -0.05) is 42.5 Å². The number of rotatable bonds is 5. The molecule has 0 aromatic heterocycles. The molecule has 4 rings (SSSR count). The van der Waals surface area contributed by atoms with Crippen LogP contribution in [0.3, 0.4) is 0 Å². The quantitative estimate of drug-likeness (QED) is 0.628. The number of hydrogen-bond acceptors (Lipinski definition) is 5. The molecule has 5 heteroatoms. The number of ketones is 2. The summed E-state index contributed by atoms with van der Waals surface area (Å²) in [7, 11) is 3.88. The summed E-state index contributed by atoms with van der Waals surface area (Å²) in [6.07, 6.45) is 3.09. The average molecular weight is 390 g/mol. The molecule has 2 aromatic rings. The largest absolute Gasteiger partial charge is 0.378 e. The number of aliphatic hydroxyl groups is 1. The monoisotopic (exact) mass is 390 g/mol. The smallest absolute Gasteiger partial charge is 0.211 e. The maximum absolute atomic E-state index is 13.2. The van der Waals surface area contributed by atoms with Crippen molar-refractivity contribution in [1.82, 2.24) is 4.90 Å². The molecule has 0 amide bonds. The summed E-state index contributed by atoms with van der Waals surface area (Å²) in [5.41, 5.74) is 0.787. The fraction of sp³-hybridized carbons (Fsp3) is 0.333. The van der Waals surface area contributed by atoms with E-state index in [4.69, 9.17) is 0 Å². The van der Waals surface area contributed by atoms with Crippen LogP contribution >= 0.6 is 0 Å². The molecule has 1 aliphatic heterocycles. The topological polar surface area (TPSA) is 60.9 Å². The molecule has 2 aromatic carbocycles. The molecule has 1 N–H and O–H groups in total. The van der Waals surface area contributed by atoms with Crippen molar-refractivity contribution in [3.8, 4) is 0 Å². The second kappa shape index (κ2) is 7.48. The molecule has 0 spiro atoms. The molecular weight excluding hydrogens is 364 g/mol. The minimum Gasteiger partial charge on any atom is -0.378 e. The van der Waals surface area contributed by atoms with Crippen molar-refractivity contribution in [2.75, 3.05) is 32.1 Å². The highest BCUT2D eigenvalue weighted by molar-refractivity contribution is 6.34. The van der Waals surface area contributed by atoms with Crippen LogP contribution in [-0.4, -0.2) is 48.8 Å². The van der Waals surface area contributed by atoms with Gasteiger partial charge in [-0.05, 0) is 37.0 Å². The van der Waals surface area contributed by atoms with Crippen molar-refractivity contribution in [1.29, 1.82) is 0 Å². The van der Waals surface area contributed by atoms with Crippen LogP contribution in [0.15, 0.2) is 65.9 Å². The van der Waals surface area contributed by atoms with Crippen LogP contribution in [0.2, 0.25) is 0 Å². The van der Waals surface area contributed by atoms with Crippen LogP contribution in [0.1, 0.15) is 35.2 Å². The van der Waals surface area contributed by atoms with Gasteiger partial charge in [0.05, 0.1) is 11.3 Å². The Morgan fingerprint density at radius 1 is 0.966 bits per heavy atom. The SMILES string of the molecule is CN(C)c1ccc(C2(O)C(=O)C(C(=O)c3ccccc3)=C2N2CCCCC2)cc1. The molecule has 0 bridgehead atoms. The molecule has 1 aliphatic carbocycles. The molecule has 1 saturated heterocycles. The molecule has 5 nitrogen and oxygen atoms in total. The third kappa shape index (κ3) is 3.15. The molecule has 0 saturated carbocycles. The van der Waals surface area contributed by atoms with E-state index >= 15 is 0 Å². The van der Waals surface area contributed by atoms with Crippen LogP contribution in [0.4, 0.5) is 5.69 Å². The van der Waals surface area contributed by atoms with E-state index < -0.39 is 11.4 Å². The third-order valence-corrected chi connectivity index (χ3v) is 5.87. The Hall–Kier alpha value is -2.92. The first-order chi connectivity index (χ1) is 13.9. The number of likely N-dealkylation sites (tertiary alicyclic amines) is 1. The Balaban J connectivity index is 1.80. The number of benzene rings is 2. The van der Waals surface area contributed by atoms with Crippen LogP contribution < -0.4 is 4.90 Å². The molecule has 1 heterocycles. The van der Waals surface area contributed by atoms with Gasteiger partial charge < -0.3 is 14.9 Å². The Morgan fingerprint density at radius 2 is 1.59 bits per heavy atom. The first-order valence-corrected chi connectivity index (χ1v) is 10.1. The van der Waals surface area contributed by atoms with Crippen molar-refractivity contribution in [3.05, 3.63) is 77.0 Å². The van der Waals surface area contributed by atoms with E-state index in [2.05, 4.69) is 0 Å². The predicted molar refractivity (Wildman–Crippen MR) is 113 cm³/mol. The fourth-order valence-corrected chi connectivity index (χ4v) is 4.23. The zero-order valence-electron chi connectivity index (χ0n) is 16.9. The molecule has 0 radical (unpaired) electrons. The van der Waals surface area contributed by atoms with E-state index in [-0.39, 0.29) is 11.4 Å². The summed E-state index contributed by atoms with van der Waals surface area (Å²) in [5.74, 6) is -0.824. The highest BCUT2D eigenvalue weighted by Crippen LogP contribution is 2.47. The maximum Gasteiger partial charge on any atom is 0.211 e. The minimum absolute atomic E-state index is 0.122. The lowest BCUT2D eigenvalue weighted by Gasteiger charge is -2.46. The van der Waals surface area contributed by atoms with E-state index in [0.717, 1.165) is 38.0 Å². The summed E-state index contributed by atoms with van der Waals surface area (Å²) in [6, 6.07) is 16.1. The number of anilines is 1. The van der Waals surface area contributed by atoms with Crippen LogP contribution in [0.5, 0.6) is 0 Å². The summed E-state index contributed by atoms with van der Waals surface area (Å²) in [4.78, 5) is 30.3. The van der Waals surface area contributed by atoms with Crippen molar-refractivity contribution in [2.45, 2.75) is 24.9 Å². The predicted octanol–water partition coefficient (Wildman–Crippen LogP) is 3.15. The van der Waals surface area contributed by atoms with E-state index in [0.29, 0.717) is 16.8 Å². The molecule has 150 valence electrons. The zero-order valence-corrected chi connectivity index (χ0v) is 16.9. The molecule has 1 unspecified atom stereocenters. The Labute approximate surface area is 171 Å². The number of Topliss-reactive ketones (excluding diaryl/α,β-unsaturated/α-hetero) is 2. The van der Waals surface area contributed by atoms with Gasteiger partial charge in [-0.25, -0.2) is 0 Å². The van der Waals surface area contributed by atoms with Gasteiger partial charge in [-0.2, -0.15) is 0 Å². The Kier molecular flexibility index (Phi) is 5.01. The lowest BCUT2D eigenvalue weighted by molar-refractivity contribution is -0.137. The molecule has 2 aliphatic rings. The van der Waals surface area contributed by atoms with Gasteiger partial charge >= 0.3 is 0 Å². The van der Waals surface area contributed by atoms with Gasteiger partial charge in [0.15, 0.2) is 11.4 Å². The highest BCUT2D eigenvalue weighted by atomic mass is 16.3. The van der Waals surface area contributed by atoms with E-state index in [1.165, 1.54) is 0 Å². The minimum atomic E-state index is -1.76. The maximum atomic E-state index is 13.2. The lowest BCUT2D eigenvalue weighted by Crippen LogP contribution is -2.56. The second-order valence-corrected chi connectivity index (χ2v) is 7.95. The first-order valence-electron chi connectivity index (χ1n) is 10.1. The van der Waals surface area contributed by atoms with Gasteiger partial charge in [0, 0.05) is 38.4 Å². The molecule has 1 atom stereocenters. The number of carbonyl (C=O) groups is 2. The standard InChI is InChI=1S/C24H26N2O3/c1-25(2)19-13-11-18(12-14-19)24(29)22(26-15-7-4-8-16-26)20(23(24)28)21(27)17-9-5-3-6-10-17/h3,5-6,9-14,29H,4,7-8,15-16H2,1-2H3. The van der Waals surface area contributed by atoms with Crippen LogP contribution in [-0.2, 0) is 10.4 Å². The normalized spacial score (nSPS) is 21.8. The number of hydrogen-bond donors (Lipinski definition) is 1. The van der Waals surface area contributed by atoms with Crippen molar-refractivity contribution < 1.29 is 14.7 Å². The number of carbonyl (C=O) groups excluding carboxylic acids is 2. The van der Waals surface area contributed by atoms with Crippen LogP contribution in [0, 0.1) is 0 Å². The van der Waals surface area contributed by atoms with E-state index in [9.17, 15) is 14.7 Å². The van der Waals surface area contributed by atoms with Gasteiger partial charge in [0.25, 0.3) is 0 Å². The molecule has 1 fully saturated rings. The number of nitrogens with zero attached hydrogens (tertiary/aromatic N) is 2. The van der Waals surface area contributed by atoms with Crippen molar-refractivity contribution >= 4 is 17.3 Å². The summed E-state index contributed by atoms with van der Waals surface area (Å²) in [6.45, 7) is 1.48. The average Bonchev–Trinajstić information content (AvgIpc) is 2.77. The van der Waals surface area contributed by atoms with Gasteiger partial charge in [0.1, 0.15) is 0 Å². The van der Waals surface area contributed by atoms with Gasteiger partial charge in [0.2, 0.25) is 5.78 Å². The van der Waals surface area contributed by atoms with Gasteiger partial charge in [-0.15, -0.1) is 0 Å². The Morgan fingerprint density at radius 3 is 2.17 bits per heavy atom. The molecular formula is C24H26N2O3. The fourth-order valence-electron chi connectivity index (χ4n) is 4.23. The summed E-state index contributed by atoms with van der Waals surface area (Å²) in [5, 5.41) is 11.5. The van der Waals surface area contributed by atoms with Crippen LogP contribution in [0.25, 0.3) is 0 Å². The third-order valence-electron chi connectivity index (χ3n) is 5.87. The molecule has 29 heavy (non-hydrogen) atoms. The van der Waals surface area contributed by atoms with E-state index in [1.54, 1.807) is 36.4 Å². The van der Waals surface area contributed by atoms with Crippen molar-refractivity contribution in [2.24, 2.45) is 0 Å².